The van der Waals surface area contributed by atoms with Gasteiger partial charge in [-0.15, -0.1) is 0 Å². The summed E-state index contributed by atoms with van der Waals surface area (Å²) < 4.78 is 5.11. The molecular weight excluding hydrogens is 164 g/mol. The number of hydrogen-bond acceptors (Lipinski definition) is 2. The molecule has 0 radical (unpaired) electrons. The predicted molar refractivity (Wildman–Crippen MR) is 54.5 cm³/mol. The molecule has 0 bridgehead atoms. The van der Waals surface area contributed by atoms with E-state index in [-0.39, 0.29) is 12.1 Å². The van der Waals surface area contributed by atoms with Crippen LogP contribution in [0, 0.1) is 0 Å². The van der Waals surface area contributed by atoms with E-state index < -0.39 is 0 Å². The van der Waals surface area contributed by atoms with Crippen LogP contribution in [0.4, 0.5) is 0 Å². The zero-order chi connectivity index (χ0) is 10.1. The lowest BCUT2D eigenvalue weighted by atomic mass is 10.1. The third kappa shape index (κ3) is 7.57. The maximum absolute atomic E-state index is 10.7. The Hall–Kier alpha value is -0.790. The molecule has 76 valence electrons. The topological polar surface area (TPSA) is 26.3 Å². The van der Waals surface area contributed by atoms with Crippen molar-refractivity contribution in [1.82, 2.24) is 0 Å². The van der Waals surface area contributed by atoms with Gasteiger partial charge in [0.05, 0.1) is 0 Å². The minimum atomic E-state index is -0.195. The van der Waals surface area contributed by atoms with Gasteiger partial charge in [0.25, 0.3) is 0 Å². The van der Waals surface area contributed by atoms with E-state index >= 15 is 0 Å². The van der Waals surface area contributed by atoms with Crippen LogP contribution in [0.5, 0.6) is 0 Å². The third-order valence-electron chi connectivity index (χ3n) is 1.82. The first-order valence-corrected chi connectivity index (χ1v) is 5.00. The smallest absolute Gasteiger partial charge is 0.303 e. The number of ether oxygens (including phenoxy) is 1. The van der Waals surface area contributed by atoms with Crippen LogP contribution in [0.3, 0.4) is 0 Å². The van der Waals surface area contributed by atoms with Crippen LogP contribution >= 0.6 is 0 Å². The molecule has 13 heavy (non-hydrogen) atoms. The molecule has 0 fully saturated rings. The molecule has 0 rings (SSSR count). The van der Waals surface area contributed by atoms with Crippen LogP contribution < -0.4 is 0 Å². The second kappa shape index (κ2) is 7.84. The minimum absolute atomic E-state index is 0.0194. The van der Waals surface area contributed by atoms with Crippen LogP contribution in [0.1, 0.15) is 46.5 Å². The molecule has 0 aromatic carbocycles. The molecule has 1 unspecified atom stereocenters. The standard InChI is InChI=1S/C11H20O2/c1-4-6-7-9-11(8-5-2)13-10(3)12/h5,8,11H,4,6-7,9H2,1-3H3. The fourth-order valence-electron chi connectivity index (χ4n) is 1.22. The van der Waals surface area contributed by atoms with Gasteiger partial charge in [0, 0.05) is 6.92 Å². The highest BCUT2D eigenvalue weighted by atomic mass is 16.5. The lowest BCUT2D eigenvalue weighted by Gasteiger charge is -2.12. The zero-order valence-corrected chi connectivity index (χ0v) is 8.88. The molecule has 1 atom stereocenters. The number of hydrogen-bond donors (Lipinski definition) is 0. The molecular formula is C11H20O2. The van der Waals surface area contributed by atoms with Crippen molar-refractivity contribution in [2.75, 3.05) is 0 Å². The van der Waals surface area contributed by atoms with Gasteiger partial charge < -0.3 is 4.74 Å². The maximum Gasteiger partial charge on any atom is 0.303 e. The maximum atomic E-state index is 10.7. The van der Waals surface area contributed by atoms with E-state index in [1.54, 1.807) is 0 Å². The second-order valence-electron chi connectivity index (χ2n) is 3.17. The summed E-state index contributed by atoms with van der Waals surface area (Å²) in [5.41, 5.74) is 0. The van der Waals surface area contributed by atoms with E-state index in [1.807, 2.05) is 19.1 Å². The summed E-state index contributed by atoms with van der Waals surface area (Å²) in [5.74, 6) is -0.195. The molecule has 0 spiro atoms. The summed E-state index contributed by atoms with van der Waals surface area (Å²) in [6.45, 7) is 5.56. The Labute approximate surface area is 81.0 Å². The van der Waals surface area contributed by atoms with Crippen molar-refractivity contribution in [2.45, 2.75) is 52.6 Å². The Bertz CT molecular complexity index is 161. The summed E-state index contributed by atoms with van der Waals surface area (Å²) in [5, 5.41) is 0. The van der Waals surface area contributed by atoms with Crippen LogP contribution in [0.2, 0.25) is 0 Å². The van der Waals surface area contributed by atoms with E-state index in [4.69, 9.17) is 4.74 Å². The van der Waals surface area contributed by atoms with Crippen molar-refractivity contribution >= 4 is 5.97 Å². The number of carbonyl (C=O) groups is 1. The lowest BCUT2D eigenvalue weighted by Crippen LogP contribution is -2.13. The Morgan fingerprint density at radius 2 is 2.15 bits per heavy atom. The average molecular weight is 184 g/mol. The largest absolute Gasteiger partial charge is 0.458 e. The summed E-state index contributed by atoms with van der Waals surface area (Å²) in [7, 11) is 0. The summed E-state index contributed by atoms with van der Waals surface area (Å²) >= 11 is 0. The molecule has 0 amide bonds. The Morgan fingerprint density at radius 1 is 1.46 bits per heavy atom. The van der Waals surface area contributed by atoms with Gasteiger partial charge in [-0.2, -0.15) is 0 Å². The van der Waals surface area contributed by atoms with Crippen LogP contribution in [0.25, 0.3) is 0 Å². The van der Waals surface area contributed by atoms with Gasteiger partial charge >= 0.3 is 5.97 Å². The van der Waals surface area contributed by atoms with Crippen molar-refractivity contribution in [3.05, 3.63) is 12.2 Å². The normalized spacial score (nSPS) is 13.2. The quantitative estimate of drug-likeness (QED) is 0.360. The number of unbranched alkanes of at least 4 members (excludes halogenated alkanes) is 2. The minimum Gasteiger partial charge on any atom is -0.458 e. The van der Waals surface area contributed by atoms with Gasteiger partial charge in [-0.05, 0) is 25.8 Å². The highest BCUT2D eigenvalue weighted by Crippen LogP contribution is 2.08. The molecule has 0 aliphatic heterocycles. The third-order valence-corrected chi connectivity index (χ3v) is 1.82. The fourth-order valence-corrected chi connectivity index (χ4v) is 1.22. The van der Waals surface area contributed by atoms with E-state index in [9.17, 15) is 4.79 Å². The molecule has 2 nitrogen and oxygen atoms in total. The Kier molecular flexibility index (Phi) is 7.36. The van der Waals surface area contributed by atoms with Crippen molar-refractivity contribution in [2.24, 2.45) is 0 Å². The van der Waals surface area contributed by atoms with Gasteiger partial charge in [0.2, 0.25) is 0 Å². The molecule has 0 aliphatic carbocycles. The van der Waals surface area contributed by atoms with Crippen molar-refractivity contribution in [3.63, 3.8) is 0 Å². The van der Waals surface area contributed by atoms with Crippen molar-refractivity contribution < 1.29 is 9.53 Å². The first kappa shape index (κ1) is 12.2. The number of rotatable bonds is 6. The van der Waals surface area contributed by atoms with Crippen LogP contribution in [-0.4, -0.2) is 12.1 Å². The van der Waals surface area contributed by atoms with Gasteiger partial charge in [-0.25, -0.2) is 0 Å². The van der Waals surface area contributed by atoms with E-state index in [1.165, 1.54) is 19.8 Å². The Balaban J connectivity index is 3.73. The van der Waals surface area contributed by atoms with Crippen molar-refractivity contribution in [3.8, 4) is 0 Å². The first-order chi connectivity index (χ1) is 6.20. The summed E-state index contributed by atoms with van der Waals surface area (Å²) in [4.78, 5) is 10.7. The lowest BCUT2D eigenvalue weighted by molar-refractivity contribution is -0.144. The van der Waals surface area contributed by atoms with E-state index in [0.717, 1.165) is 12.8 Å². The molecule has 0 N–H and O–H groups in total. The predicted octanol–water partition coefficient (Wildman–Crippen LogP) is 3.07. The summed E-state index contributed by atoms with van der Waals surface area (Å²) in [6, 6.07) is 0. The molecule has 0 aliphatic rings. The zero-order valence-electron chi connectivity index (χ0n) is 8.88. The van der Waals surface area contributed by atoms with E-state index in [0.29, 0.717) is 0 Å². The number of carbonyl (C=O) groups excluding carboxylic acids is 1. The second-order valence-corrected chi connectivity index (χ2v) is 3.17. The van der Waals surface area contributed by atoms with E-state index in [2.05, 4.69) is 6.92 Å². The monoisotopic (exact) mass is 184 g/mol. The summed E-state index contributed by atoms with van der Waals surface area (Å²) in [6.07, 6.45) is 8.32. The first-order valence-electron chi connectivity index (χ1n) is 5.00. The highest BCUT2D eigenvalue weighted by molar-refractivity contribution is 5.66. The van der Waals surface area contributed by atoms with Crippen molar-refractivity contribution in [1.29, 1.82) is 0 Å². The molecule has 0 saturated heterocycles. The molecule has 0 aromatic heterocycles. The Morgan fingerprint density at radius 3 is 2.62 bits per heavy atom. The fraction of sp³-hybridized carbons (Fsp3) is 0.727. The highest BCUT2D eigenvalue weighted by Gasteiger charge is 2.06. The van der Waals surface area contributed by atoms with Gasteiger partial charge in [0.15, 0.2) is 0 Å². The van der Waals surface area contributed by atoms with Gasteiger partial charge in [-0.3, -0.25) is 4.79 Å². The number of esters is 1. The molecule has 0 heterocycles. The average Bonchev–Trinajstić information content (AvgIpc) is 2.04. The van der Waals surface area contributed by atoms with Gasteiger partial charge in [-0.1, -0.05) is 25.8 Å². The number of allylic oxidation sites excluding steroid dienone is 1. The SMILES string of the molecule is CC=CC(CCCCC)OC(C)=O. The molecule has 2 heteroatoms. The van der Waals surface area contributed by atoms with Gasteiger partial charge in [0.1, 0.15) is 6.10 Å². The molecule has 0 aromatic rings. The van der Waals surface area contributed by atoms with Crippen LogP contribution in [-0.2, 0) is 9.53 Å². The molecule has 0 saturated carbocycles. The van der Waals surface area contributed by atoms with Crippen LogP contribution in [0.15, 0.2) is 12.2 Å².